The Bertz CT molecular complexity index is 310. The molecule has 0 radical (unpaired) electrons. The number of esters is 1. The summed E-state index contributed by atoms with van der Waals surface area (Å²) in [4.78, 5) is 12.1. The second-order valence-corrected chi connectivity index (χ2v) is 5.33. The van der Waals surface area contributed by atoms with Gasteiger partial charge in [0.15, 0.2) is 0 Å². The minimum atomic E-state index is -0.519. The third-order valence-corrected chi connectivity index (χ3v) is 3.95. The van der Waals surface area contributed by atoms with Crippen molar-refractivity contribution in [3.63, 3.8) is 0 Å². The third kappa shape index (κ3) is 3.67. The molecule has 4 heteroatoms. The van der Waals surface area contributed by atoms with Crippen molar-refractivity contribution >= 4 is 17.7 Å². The van der Waals surface area contributed by atoms with Crippen LogP contribution in [0.15, 0.2) is 10.7 Å². The van der Waals surface area contributed by atoms with Gasteiger partial charge in [-0.25, -0.2) is 4.79 Å². The van der Waals surface area contributed by atoms with E-state index in [1.807, 2.05) is 27.7 Å². The highest BCUT2D eigenvalue weighted by Gasteiger charge is 2.43. The van der Waals surface area contributed by atoms with Crippen molar-refractivity contribution in [1.29, 1.82) is 0 Å². The molecule has 1 heterocycles. The molecule has 1 rings (SSSR count). The van der Waals surface area contributed by atoms with Gasteiger partial charge in [0.2, 0.25) is 0 Å². The van der Waals surface area contributed by atoms with Crippen LogP contribution >= 0.6 is 11.8 Å². The predicted octanol–water partition coefficient (Wildman–Crippen LogP) is 4.29. The second-order valence-electron chi connectivity index (χ2n) is 4.52. The summed E-state index contributed by atoms with van der Waals surface area (Å²) in [5.41, 5.74) is -0.519. The molecule has 1 atom stereocenters. The first-order valence-corrected chi connectivity index (χ1v) is 7.88. The van der Waals surface area contributed by atoms with Crippen molar-refractivity contribution in [2.75, 3.05) is 6.26 Å². The Morgan fingerprint density at radius 2 is 2.00 bits per heavy atom. The summed E-state index contributed by atoms with van der Waals surface area (Å²) in [6.45, 7) is 10.1. The molecule has 0 bridgehead atoms. The number of carbonyl (C=O) groups is 1. The number of hydrogen-bond acceptors (Lipinski definition) is 4. The van der Waals surface area contributed by atoms with Gasteiger partial charge in [-0.15, -0.1) is 11.8 Å². The Morgan fingerprint density at radius 1 is 1.44 bits per heavy atom. The van der Waals surface area contributed by atoms with Gasteiger partial charge in [-0.3, -0.25) is 0 Å². The number of rotatable bonds is 4. The molecule has 106 valence electrons. The molecule has 0 spiro atoms. The zero-order chi connectivity index (χ0) is 14.3. The molecule has 0 aliphatic carbocycles. The van der Waals surface area contributed by atoms with Crippen LogP contribution in [0.1, 0.15) is 53.9 Å². The van der Waals surface area contributed by atoms with E-state index in [-0.39, 0.29) is 17.6 Å². The fourth-order valence-electron chi connectivity index (χ4n) is 2.12. The maximum absolute atomic E-state index is 11.8. The molecule has 1 unspecified atom stereocenters. The quantitative estimate of drug-likeness (QED) is 0.777. The first-order valence-electron chi connectivity index (χ1n) is 6.66. The van der Waals surface area contributed by atoms with Crippen LogP contribution in [0.4, 0.5) is 0 Å². The van der Waals surface area contributed by atoms with Crippen molar-refractivity contribution in [2.45, 2.75) is 59.5 Å². The summed E-state index contributed by atoms with van der Waals surface area (Å²) in [7, 11) is 0. The van der Waals surface area contributed by atoms with Crippen molar-refractivity contribution in [3.05, 3.63) is 10.7 Å². The Morgan fingerprint density at radius 3 is 2.33 bits per heavy atom. The van der Waals surface area contributed by atoms with Gasteiger partial charge in [0.05, 0.1) is 0 Å². The maximum atomic E-state index is 11.8. The van der Waals surface area contributed by atoms with E-state index >= 15 is 0 Å². The van der Waals surface area contributed by atoms with Crippen LogP contribution in [0.2, 0.25) is 0 Å². The fourth-order valence-corrected chi connectivity index (χ4v) is 2.64. The fraction of sp³-hybridized carbons (Fsp3) is 0.786. The number of carbonyl (C=O) groups excluding carboxylic acids is 1. The van der Waals surface area contributed by atoms with Gasteiger partial charge >= 0.3 is 5.97 Å². The van der Waals surface area contributed by atoms with Gasteiger partial charge in [-0.2, -0.15) is 0 Å². The molecule has 1 aliphatic heterocycles. The van der Waals surface area contributed by atoms with E-state index in [9.17, 15) is 9.90 Å². The maximum Gasteiger partial charge on any atom is 0.348 e. The Labute approximate surface area is 115 Å². The van der Waals surface area contributed by atoms with E-state index in [2.05, 4.69) is 6.92 Å². The van der Waals surface area contributed by atoms with Gasteiger partial charge in [0.25, 0.3) is 0 Å². The molecule has 1 aliphatic rings. The largest absolute Gasteiger partial charge is 0.511 e. The molecule has 0 aromatic heterocycles. The van der Waals surface area contributed by atoms with Crippen LogP contribution in [0, 0.1) is 5.92 Å². The normalized spacial score (nSPS) is 23.6. The molecule has 0 aromatic carbocycles. The van der Waals surface area contributed by atoms with Gasteiger partial charge in [0.1, 0.15) is 16.3 Å². The van der Waals surface area contributed by atoms with Crippen LogP contribution in [0.25, 0.3) is 0 Å². The first kappa shape index (κ1) is 17.4. The molecule has 0 saturated carbocycles. The highest BCUT2D eigenvalue weighted by Crippen LogP contribution is 2.40. The Kier molecular flexibility index (Phi) is 7.45. The zero-order valence-electron chi connectivity index (χ0n) is 12.4. The van der Waals surface area contributed by atoms with Crippen LogP contribution in [0.3, 0.4) is 0 Å². The minimum Gasteiger partial charge on any atom is -0.511 e. The lowest BCUT2D eigenvalue weighted by atomic mass is 9.81. The summed E-state index contributed by atoms with van der Waals surface area (Å²) < 4.78 is 5.57. The van der Waals surface area contributed by atoms with Crippen LogP contribution < -0.4 is 0 Å². The lowest BCUT2D eigenvalue weighted by Gasteiger charge is -2.40. The summed E-state index contributed by atoms with van der Waals surface area (Å²) in [5.74, 6) is 0.0197. The van der Waals surface area contributed by atoms with Crippen LogP contribution in [0.5, 0.6) is 0 Å². The molecule has 1 N–H and O–H groups in total. The Hall–Kier alpha value is -0.640. The molecule has 0 amide bonds. The van der Waals surface area contributed by atoms with E-state index in [1.54, 1.807) is 6.26 Å². The van der Waals surface area contributed by atoms with Crippen molar-refractivity contribution in [3.8, 4) is 0 Å². The van der Waals surface area contributed by atoms with Gasteiger partial charge in [0, 0.05) is 6.42 Å². The number of hydrogen-bond donors (Lipinski definition) is 1. The van der Waals surface area contributed by atoms with E-state index < -0.39 is 5.60 Å². The molecule has 0 fully saturated rings. The number of aliphatic hydroxyl groups excluding tert-OH is 1. The number of aliphatic hydroxyl groups is 1. The van der Waals surface area contributed by atoms with Gasteiger partial charge in [-0.05, 0) is 18.6 Å². The van der Waals surface area contributed by atoms with Crippen molar-refractivity contribution in [2.24, 2.45) is 5.92 Å². The van der Waals surface area contributed by atoms with E-state index in [0.717, 1.165) is 12.8 Å². The monoisotopic (exact) mass is 274 g/mol. The molecule has 18 heavy (non-hydrogen) atoms. The summed E-state index contributed by atoms with van der Waals surface area (Å²) in [6, 6.07) is 0. The second kappa shape index (κ2) is 7.72. The van der Waals surface area contributed by atoms with Gasteiger partial charge < -0.3 is 9.84 Å². The highest BCUT2D eigenvalue weighted by atomic mass is 32.2. The lowest BCUT2D eigenvalue weighted by Crippen LogP contribution is -2.44. The van der Waals surface area contributed by atoms with E-state index in [0.29, 0.717) is 11.3 Å². The standard InChI is InChI=1S/C12H20O3S.C2H6/c1-5-6-12(8(2)3)7-9(13)10(16-4)11(14)15-12;1-2/h8,13H,5-7H2,1-4H3;1-2H3. The summed E-state index contributed by atoms with van der Waals surface area (Å²) in [5, 5.41) is 9.91. The van der Waals surface area contributed by atoms with Crippen molar-refractivity contribution in [1.82, 2.24) is 0 Å². The SMILES string of the molecule is CC.CCCC1(C(C)C)CC(O)=C(SC)C(=O)O1. The Balaban J connectivity index is 0.00000137. The lowest BCUT2D eigenvalue weighted by molar-refractivity contribution is -0.164. The van der Waals surface area contributed by atoms with Crippen LogP contribution in [-0.4, -0.2) is 22.9 Å². The smallest absolute Gasteiger partial charge is 0.348 e. The third-order valence-electron chi connectivity index (χ3n) is 3.14. The molecular formula is C14H26O3S. The topological polar surface area (TPSA) is 46.5 Å². The minimum absolute atomic E-state index is 0.186. The van der Waals surface area contributed by atoms with Gasteiger partial charge in [-0.1, -0.05) is 41.0 Å². The molecule has 0 saturated heterocycles. The molecular weight excluding hydrogens is 248 g/mol. The average molecular weight is 274 g/mol. The average Bonchev–Trinajstić information content (AvgIpc) is 2.31. The van der Waals surface area contributed by atoms with E-state index in [1.165, 1.54) is 11.8 Å². The summed E-state index contributed by atoms with van der Waals surface area (Å²) >= 11 is 1.25. The summed E-state index contributed by atoms with van der Waals surface area (Å²) in [6.07, 6.45) is 3.95. The number of cyclic esters (lactones) is 1. The van der Waals surface area contributed by atoms with E-state index in [4.69, 9.17) is 4.74 Å². The number of ether oxygens (including phenoxy) is 1. The van der Waals surface area contributed by atoms with Crippen LogP contribution in [-0.2, 0) is 9.53 Å². The predicted molar refractivity (Wildman–Crippen MR) is 77.7 cm³/mol. The highest BCUT2D eigenvalue weighted by molar-refractivity contribution is 8.03. The van der Waals surface area contributed by atoms with Crippen molar-refractivity contribution < 1.29 is 14.6 Å². The first-order chi connectivity index (χ1) is 8.46. The molecule has 0 aromatic rings. The zero-order valence-corrected chi connectivity index (χ0v) is 13.2. The number of thioether (sulfide) groups is 1. The molecule has 3 nitrogen and oxygen atoms in total.